The Kier molecular flexibility index (Phi) is 7.44. The van der Waals surface area contributed by atoms with Crippen LogP contribution in [-0.2, 0) is 14.8 Å². The number of carbonyl (C=O) groups excluding carboxylic acids is 1. The zero-order valence-corrected chi connectivity index (χ0v) is 16.1. The first-order valence-corrected chi connectivity index (χ1v) is 10.8. The van der Waals surface area contributed by atoms with Gasteiger partial charge in [-0.05, 0) is 49.9 Å². The van der Waals surface area contributed by atoms with Crippen LogP contribution in [0.15, 0.2) is 29.2 Å². The summed E-state index contributed by atoms with van der Waals surface area (Å²) in [6, 6.07) is 6.24. The summed E-state index contributed by atoms with van der Waals surface area (Å²) in [5, 5.41) is 2.86. The lowest BCUT2D eigenvalue weighted by molar-refractivity contribution is -0.116. The molecule has 1 saturated carbocycles. The molecule has 0 heterocycles. The quantitative estimate of drug-likeness (QED) is 0.728. The van der Waals surface area contributed by atoms with E-state index in [4.69, 9.17) is 0 Å². The second-order valence-corrected chi connectivity index (χ2v) is 8.76. The van der Waals surface area contributed by atoms with Crippen LogP contribution in [0.2, 0.25) is 0 Å². The third-order valence-corrected chi connectivity index (χ3v) is 6.53. The van der Waals surface area contributed by atoms with Gasteiger partial charge in [-0.15, -0.1) is 0 Å². The lowest BCUT2D eigenvalue weighted by Gasteiger charge is -2.21. The Morgan fingerprint density at radius 1 is 1.16 bits per heavy atom. The molecule has 1 atom stereocenters. The average Bonchev–Trinajstić information content (AvgIpc) is 2.61. The lowest BCUT2D eigenvalue weighted by Crippen LogP contribution is -2.31. The molecule has 1 fully saturated rings. The summed E-state index contributed by atoms with van der Waals surface area (Å²) in [6.07, 6.45) is 8.57. The number of nitrogens with one attached hydrogen (secondary N) is 2. The minimum Gasteiger partial charge on any atom is -0.326 e. The van der Waals surface area contributed by atoms with Gasteiger partial charge in [0.2, 0.25) is 15.9 Å². The summed E-state index contributed by atoms with van der Waals surface area (Å²) in [5.41, 5.74) is 0.635. The topological polar surface area (TPSA) is 75.3 Å². The van der Waals surface area contributed by atoms with Gasteiger partial charge in [0, 0.05) is 18.2 Å². The number of sulfonamides is 1. The van der Waals surface area contributed by atoms with Crippen LogP contribution in [0.1, 0.15) is 65.2 Å². The van der Waals surface area contributed by atoms with Gasteiger partial charge in [0.1, 0.15) is 0 Å². The van der Waals surface area contributed by atoms with Gasteiger partial charge in [0.15, 0.2) is 0 Å². The van der Waals surface area contributed by atoms with Crippen molar-refractivity contribution in [2.75, 3.05) is 5.32 Å². The molecule has 1 amide bonds. The fraction of sp³-hybridized carbons (Fsp3) is 0.632. The van der Waals surface area contributed by atoms with Gasteiger partial charge in [-0.2, -0.15) is 0 Å². The predicted molar refractivity (Wildman–Crippen MR) is 101 cm³/mol. The molecular weight excluding hydrogens is 336 g/mol. The first-order chi connectivity index (χ1) is 11.9. The summed E-state index contributed by atoms with van der Waals surface area (Å²) in [5.74, 6) is 0.678. The molecular formula is C19H30N2O3S. The second-order valence-electron chi connectivity index (χ2n) is 7.05. The molecule has 140 valence electrons. The fourth-order valence-corrected chi connectivity index (χ4v) is 4.50. The molecule has 1 aromatic rings. The van der Waals surface area contributed by atoms with E-state index in [2.05, 4.69) is 10.0 Å². The van der Waals surface area contributed by atoms with E-state index in [0.717, 1.165) is 12.8 Å². The van der Waals surface area contributed by atoms with Crippen molar-refractivity contribution in [3.05, 3.63) is 24.3 Å². The van der Waals surface area contributed by atoms with E-state index in [0.29, 0.717) is 18.0 Å². The Bertz CT molecular complexity index is 650. The zero-order chi connectivity index (χ0) is 18.3. The van der Waals surface area contributed by atoms with Crippen LogP contribution >= 0.6 is 0 Å². The number of carbonyl (C=O) groups is 1. The van der Waals surface area contributed by atoms with Crippen LogP contribution in [0.4, 0.5) is 5.69 Å². The highest BCUT2D eigenvalue weighted by Gasteiger charge is 2.17. The summed E-state index contributed by atoms with van der Waals surface area (Å²) in [4.78, 5) is 12.3. The Balaban J connectivity index is 1.85. The van der Waals surface area contributed by atoms with Crippen molar-refractivity contribution in [2.45, 2.75) is 76.2 Å². The lowest BCUT2D eigenvalue weighted by atomic mass is 9.86. The molecule has 0 aliphatic heterocycles. The first-order valence-electron chi connectivity index (χ1n) is 9.33. The minimum absolute atomic E-state index is 0.00101. The molecule has 5 nitrogen and oxygen atoms in total. The minimum atomic E-state index is -3.50. The van der Waals surface area contributed by atoms with E-state index >= 15 is 0 Å². The highest BCUT2D eigenvalue weighted by molar-refractivity contribution is 7.89. The van der Waals surface area contributed by atoms with Gasteiger partial charge >= 0.3 is 0 Å². The third-order valence-electron chi connectivity index (χ3n) is 4.92. The molecule has 6 heteroatoms. The monoisotopic (exact) mass is 366 g/mol. The summed E-state index contributed by atoms with van der Waals surface area (Å²) < 4.78 is 27.1. The molecule has 2 rings (SSSR count). The Labute approximate surface area is 151 Å². The fourth-order valence-electron chi connectivity index (χ4n) is 3.17. The smallest absolute Gasteiger partial charge is 0.240 e. The van der Waals surface area contributed by atoms with E-state index < -0.39 is 10.0 Å². The average molecular weight is 367 g/mol. The normalized spacial score (nSPS) is 17.2. The standard InChI is InChI=1S/C19H30N2O3S/c1-3-15(2)21-25(23,24)18-12-10-17(11-13-18)20-19(22)14-9-16-7-5-4-6-8-16/h10-13,15-16,21H,3-9,14H2,1-2H3,(H,20,22)/t15-/m0/s1. The molecule has 2 N–H and O–H groups in total. The highest BCUT2D eigenvalue weighted by atomic mass is 32.2. The number of hydrogen-bond donors (Lipinski definition) is 2. The van der Waals surface area contributed by atoms with Crippen molar-refractivity contribution >= 4 is 21.6 Å². The van der Waals surface area contributed by atoms with E-state index in [9.17, 15) is 13.2 Å². The molecule has 0 spiro atoms. The first kappa shape index (κ1) is 19.9. The number of hydrogen-bond acceptors (Lipinski definition) is 3. The summed E-state index contributed by atoms with van der Waals surface area (Å²) >= 11 is 0. The highest BCUT2D eigenvalue weighted by Crippen LogP contribution is 2.27. The van der Waals surface area contributed by atoms with Crippen LogP contribution in [-0.4, -0.2) is 20.4 Å². The maximum atomic E-state index is 12.2. The molecule has 0 aromatic heterocycles. The van der Waals surface area contributed by atoms with Crippen LogP contribution in [0.3, 0.4) is 0 Å². The molecule has 0 unspecified atom stereocenters. The number of rotatable bonds is 8. The molecule has 25 heavy (non-hydrogen) atoms. The number of benzene rings is 1. The van der Waals surface area contributed by atoms with Gasteiger partial charge in [-0.1, -0.05) is 39.0 Å². The maximum absolute atomic E-state index is 12.2. The summed E-state index contributed by atoms with van der Waals surface area (Å²) in [7, 11) is -3.50. The Morgan fingerprint density at radius 3 is 2.40 bits per heavy atom. The van der Waals surface area contributed by atoms with Crippen LogP contribution in [0.5, 0.6) is 0 Å². The van der Waals surface area contributed by atoms with Crippen molar-refractivity contribution in [1.29, 1.82) is 0 Å². The van der Waals surface area contributed by atoms with Gasteiger partial charge in [0.05, 0.1) is 4.90 Å². The van der Waals surface area contributed by atoms with Gasteiger partial charge < -0.3 is 5.32 Å². The predicted octanol–water partition coefficient (Wildman–Crippen LogP) is 4.06. The van der Waals surface area contributed by atoms with Gasteiger partial charge in [-0.3, -0.25) is 4.79 Å². The van der Waals surface area contributed by atoms with E-state index in [1.807, 2.05) is 13.8 Å². The maximum Gasteiger partial charge on any atom is 0.240 e. The molecule has 0 radical (unpaired) electrons. The van der Waals surface area contributed by atoms with Crippen molar-refractivity contribution in [2.24, 2.45) is 5.92 Å². The molecule has 0 bridgehead atoms. The van der Waals surface area contributed by atoms with Gasteiger partial charge in [-0.25, -0.2) is 13.1 Å². The molecule has 1 aliphatic rings. The van der Waals surface area contributed by atoms with Crippen molar-refractivity contribution in [3.8, 4) is 0 Å². The summed E-state index contributed by atoms with van der Waals surface area (Å²) in [6.45, 7) is 3.76. The SMILES string of the molecule is CC[C@H](C)NS(=O)(=O)c1ccc(NC(=O)CCC2CCCCC2)cc1. The van der Waals surface area contributed by atoms with E-state index in [1.54, 1.807) is 12.1 Å². The van der Waals surface area contributed by atoms with Crippen LogP contribution < -0.4 is 10.0 Å². The van der Waals surface area contributed by atoms with E-state index in [-0.39, 0.29) is 16.8 Å². The van der Waals surface area contributed by atoms with Crippen molar-refractivity contribution < 1.29 is 13.2 Å². The zero-order valence-electron chi connectivity index (χ0n) is 15.3. The Hall–Kier alpha value is -1.40. The van der Waals surface area contributed by atoms with Gasteiger partial charge in [0.25, 0.3) is 0 Å². The Morgan fingerprint density at radius 2 is 1.80 bits per heavy atom. The largest absolute Gasteiger partial charge is 0.326 e. The molecule has 1 aromatic carbocycles. The van der Waals surface area contributed by atoms with Crippen LogP contribution in [0.25, 0.3) is 0 Å². The second kappa shape index (κ2) is 9.34. The van der Waals surface area contributed by atoms with Crippen LogP contribution in [0, 0.1) is 5.92 Å². The number of anilines is 1. The van der Waals surface area contributed by atoms with Crippen molar-refractivity contribution in [1.82, 2.24) is 4.72 Å². The van der Waals surface area contributed by atoms with Crippen molar-refractivity contribution in [3.63, 3.8) is 0 Å². The number of amides is 1. The van der Waals surface area contributed by atoms with E-state index in [1.165, 1.54) is 44.2 Å². The molecule has 0 saturated heterocycles. The molecule has 1 aliphatic carbocycles. The third kappa shape index (κ3) is 6.44.